The molecule has 0 amide bonds. The fourth-order valence-corrected chi connectivity index (χ4v) is 2.19. The SMILES string of the molecule is CCNC(=NCc1cccc(OCC)c1)NCc1ccccc1.I. The molecule has 0 bridgehead atoms. The van der Waals surface area contributed by atoms with E-state index >= 15 is 0 Å². The summed E-state index contributed by atoms with van der Waals surface area (Å²) in [6.45, 7) is 6.93. The number of aliphatic imine (C=N–C) groups is 1. The summed E-state index contributed by atoms with van der Waals surface area (Å²) < 4.78 is 5.53. The summed E-state index contributed by atoms with van der Waals surface area (Å²) in [5.74, 6) is 1.71. The molecule has 0 radical (unpaired) electrons. The van der Waals surface area contributed by atoms with Gasteiger partial charge in [-0.15, -0.1) is 24.0 Å². The van der Waals surface area contributed by atoms with Crippen LogP contribution in [0.25, 0.3) is 0 Å². The van der Waals surface area contributed by atoms with Crippen molar-refractivity contribution >= 4 is 29.9 Å². The molecule has 0 aliphatic heterocycles. The minimum absolute atomic E-state index is 0. The summed E-state index contributed by atoms with van der Waals surface area (Å²) in [5.41, 5.74) is 2.37. The molecular weight excluding hydrogens is 413 g/mol. The molecule has 2 N–H and O–H groups in total. The first-order valence-electron chi connectivity index (χ1n) is 8.09. The molecule has 2 rings (SSSR count). The lowest BCUT2D eigenvalue weighted by atomic mass is 10.2. The third-order valence-electron chi connectivity index (χ3n) is 3.28. The number of ether oxygens (including phenoxy) is 1. The zero-order valence-electron chi connectivity index (χ0n) is 14.3. The number of hydrogen-bond donors (Lipinski definition) is 2. The van der Waals surface area contributed by atoms with Crippen molar-refractivity contribution in [3.05, 3.63) is 65.7 Å². The maximum Gasteiger partial charge on any atom is 0.191 e. The van der Waals surface area contributed by atoms with E-state index in [9.17, 15) is 0 Å². The van der Waals surface area contributed by atoms with Crippen molar-refractivity contribution in [2.24, 2.45) is 4.99 Å². The Morgan fingerprint density at radius 3 is 2.42 bits per heavy atom. The topological polar surface area (TPSA) is 45.7 Å². The summed E-state index contributed by atoms with van der Waals surface area (Å²) in [7, 11) is 0. The van der Waals surface area contributed by atoms with E-state index in [0.29, 0.717) is 13.2 Å². The molecule has 4 nitrogen and oxygen atoms in total. The highest BCUT2D eigenvalue weighted by Crippen LogP contribution is 2.13. The lowest BCUT2D eigenvalue weighted by Gasteiger charge is -2.11. The molecule has 24 heavy (non-hydrogen) atoms. The first-order chi connectivity index (χ1) is 11.3. The van der Waals surface area contributed by atoms with Gasteiger partial charge in [0.1, 0.15) is 5.75 Å². The van der Waals surface area contributed by atoms with Gasteiger partial charge >= 0.3 is 0 Å². The van der Waals surface area contributed by atoms with E-state index in [1.165, 1.54) is 5.56 Å². The smallest absolute Gasteiger partial charge is 0.191 e. The molecule has 2 aromatic rings. The van der Waals surface area contributed by atoms with Gasteiger partial charge in [0.05, 0.1) is 13.2 Å². The van der Waals surface area contributed by atoms with Gasteiger partial charge < -0.3 is 15.4 Å². The van der Waals surface area contributed by atoms with Gasteiger partial charge in [-0.2, -0.15) is 0 Å². The van der Waals surface area contributed by atoms with Gasteiger partial charge in [0.2, 0.25) is 0 Å². The van der Waals surface area contributed by atoms with Crippen LogP contribution in [-0.4, -0.2) is 19.1 Å². The van der Waals surface area contributed by atoms with E-state index < -0.39 is 0 Å². The fourth-order valence-electron chi connectivity index (χ4n) is 2.19. The number of nitrogens with zero attached hydrogens (tertiary/aromatic N) is 1. The molecule has 0 aromatic heterocycles. The number of benzene rings is 2. The van der Waals surface area contributed by atoms with Crippen LogP contribution in [0.1, 0.15) is 25.0 Å². The van der Waals surface area contributed by atoms with Crippen LogP contribution in [0.5, 0.6) is 5.75 Å². The number of rotatable bonds is 7. The van der Waals surface area contributed by atoms with Gasteiger partial charge in [0, 0.05) is 13.1 Å². The van der Waals surface area contributed by atoms with Crippen molar-refractivity contribution in [1.82, 2.24) is 10.6 Å². The summed E-state index contributed by atoms with van der Waals surface area (Å²) in [4.78, 5) is 4.64. The van der Waals surface area contributed by atoms with Crippen LogP contribution in [0, 0.1) is 0 Å². The highest BCUT2D eigenvalue weighted by molar-refractivity contribution is 14.0. The van der Waals surface area contributed by atoms with Crippen LogP contribution in [-0.2, 0) is 13.1 Å². The van der Waals surface area contributed by atoms with Crippen molar-refractivity contribution in [1.29, 1.82) is 0 Å². The van der Waals surface area contributed by atoms with Crippen LogP contribution >= 0.6 is 24.0 Å². The van der Waals surface area contributed by atoms with Crippen molar-refractivity contribution in [2.45, 2.75) is 26.9 Å². The lowest BCUT2D eigenvalue weighted by Crippen LogP contribution is -2.36. The molecule has 0 spiro atoms. The number of nitrogens with one attached hydrogen (secondary N) is 2. The third kappa shape index (κ3) is 7.21. The highest BCUT2D eigenvalue weighted by Gasteiger charge is 2.00. The van der Waals surface area contributed by atoms with E-state index in [0.717, 1.165) is 30.4 Å². The Bertz CT molecular complexity index is 617. The summed E-state index contributed by atoms with van der Waals surface area (Å²) in [5, 5.41) is 6.63. The molecule has 0 aliphatic carbocycles. The second-order valence-corrected chi connectivity index (χ2v) is 5.11. The minimum atomic E-state index is 0. The Balaban J connectivity index is 0.00000288. The van der Waals surface area contributed by atoms with Gasteiger partial charge in [0.15, 0.2) is 5.96 Å². The van der Waals surface area contributed by atoms with Crippen molar-refractivity contribution in [3.63, 3.8) is 0 Å². The maximum absolute atomic E-state index is 5.53. The normalized spacial score (nSPS) is 10.7. The molecule has 0 fully saturated rings. The van der Waals surface area contributed by atoms with E-state index in [-0.39, 0.29) is 24.0 Å². The van der Waals surface area contributed by atoms with E-state index in [2.05, 4.69) is 40.7 Å². The fraction of sp³-hybridized carbons (Fsp3) is 0.316. The summed E-state index contributed by atoms with van der Waals surface area (Å²) in [6, 6.07) is 18.4. The van der Waals surface area contributed by atoms with E-state index in [1.807, 2.05) is 43.3 Å². The Kier molecular flexibility index (Phi) is 9.91. The van der Waals surface area contributed by atoms with Gasteiger partial charge in [-0.05, 0) is 37.1 Å². The molecular formula is C19H26IN3O. The second-order valence-electron chi connectivity index (χ2n) is 5.11. The van der Waals surface area contributed by atoms with Crippen molar-refractivity contribution < 1.29 is 4.74 Å². The molecule has 2 aromatic carbocycles. The Morgan fingerprint density at radius 1 is 0.958 bits per heavy atom. The van der Waals surface area contributed by atoms with Gasteiger partial charge in [-0.3, -0.25) is 0 Å². The van der Waals surface area contributed by atoms with Gasteiger partial charge in [-0.1, -0.05) is 42.5 Å². The maximum atomic E-state index is 5.53. The van der Waals surface area contributed by atoms with Crippen LogP contribution in [0.15, 0.2) is 59.6 Å². The number of guanidine groups is 1. The van der Waals surface area contributed by atoms with Gasteiger partial charge in [0.25, 0.3) is 0 Å². The predicted octanol–water partition coefficient (Wildman–Crippen LogP) is 3.96. The Morgan fingerprint density at radius 2 is 1.71 bits per heavy atom. The predicted molar refractivity (Wildman–Crippen MR) is 111 cm³/mol. The zero-order chi connectivity index (χ0) is 16.3. The molecule has 0 atom stereocenters. The molecule has 0 aliphatic rings. The largest absolute Gasteiger partial charge is 0.494 e. The van der Waals surface area contributed by atoms with Crippen molar-refractivity contribution in [3.8, 4) is 5.75 Å². The molecule has 5 heteroatoms. The molecule has 0 saturated carbocycles. The molecule has 0 saturated heterocycles. The molecule has 0 unspecified atom stereocenters. The monoisotopic (exact) mass is 439 g/mol. The summed E-state index contributed by atoms with van der Waals surface area (Å²) >= 11 is 0. The first-order valence-corrected chi connectivity index (χ1v) is 8.09. The van der Waals surface area contributed by atoms with Gasteiger partial charge in [-0.25, -0.2) is 4.99 Å². The number of halogens is 1. The van der Waals surface area contributed by atoms with Crippen LogP contribution in [0.4, 0.5) is 0 Å². The van der Waals surface area contributed by atoms with Crippen LogP contribution in [0.3, 0.4) is 0 Å². The molecule has 130 valence electrons. The Hall–Kier alpha value is -1.76. The molecule has 0 heterocycles. The third-order valence-corrected chi connectivity index (χ3v) is 3.28. The Labute approximate surface area is 161 Å². The quantitative estimate of drug-likeness (QED) is 0.390. The standard InChI is InChI=1S/C19H25N3O.HI/c1-3-20-19(21-14-16-9-6-5-7-10-16)22-15-17-11-8-12-18(13-17)23-4-2;/h5-13H,3-4,14-15H2,1-2H3,(H2,20,21,22);1H. The lowest BCUT2D eigenvalue weighted by molar-refractivity contribution is 0.340. The average molecular weight is 439 g/mol. The minimum Gasteiger partial charge on any atom is -0.494 e. The zero-order valence-corrected chi connectivity index (χ0v) is 16.6. The highest BCUT2D eigenvalue weighted by atomic mass is 127. The second kappa shape index (κ2) is 11.7. The van der Waals surface area contributed by atoms with Crippen LogP contribution in [0.2, 0.25) is 0 Å². The first kappa shape index (κ1) is 20.3. The van der Waals surface area contributed by atoms with E-state index in [1.54, 1.807) is 0 Å². The summed E-state index contributed by atoms with van der Waals surface area (Å²) in [6.07, 6.45) is 0. The van der Waals surface area contributed by atoms with Crippen LogP contribution < -0.4 is 15.4 Å². The number of hydrogen-bond acceptors (Lipinski definition) is 2. The van der Waals surface area contributed by atoms with E-state index in [4.69, 9.17) is 4.74 Å². The average Bonchev–Trinajstić information content (AvgIpc) is 2.59. The van der Waals surface area contributed by atoms with Crippen molar-refractivity contribution in [2.75, 3.05) is 13.2 Å².